The summed E-state index contributed by atoms with van der Waals surface area (Å²) in [6.07, 6.45) is -4.29. The summed E-state index contributed by atoms with van der Waals surface area (Å²) >= 11 is 0. The molecular formula is C12H8BF3. The van der Waals surface area contributed by atoms with Crippen LogP contribution in [0.3, 0.4) is 0 Å². The Bertz CT molecular complexity index is 477. The van der Waals surface area contributed by atoms with Gasteiger partial charge in [-0.25, -0.2) is 0 Å². The molecule has 80 valence electrons. The summed E-state index contributed by atoms with van der Waals surface area (Å²) in [5.74, 6) is 1.80. The van der Waals surface area contributed by atoms with Crippen molar-refractivity contribution in [2.45, 2.75) is 6.18 Å². The van der Waals surface area contributed by atoms with Gasteiger partial charge in [0.05, 0.1) is 0 Å². The Morgan fingerprint density at radius 1 is 0.938 bits per heavy atom. The SMILES string of the molecule is FC(F)(F)c1cccc(-c2bcccc2)c1. The molecule has 0 amide bonds. The minimum absolute atomic E-state index is 0.579. The molecule has 4 heteroatoms. The number of hydrogen-bond acceptors (Lipinski definition) is 0. The standard InChI is InChI=1S/C12H8BF3/c14-12(15,16)10-5-3-4-9(8-10)11-6-1-2-7-13-11/h1-8H. The van der Waals surface area contributed by atoms with E-state index in [1.165, 1.54) is 6.07 Å². The molecule has 2 aromatic rings. The van der Waals surface area contributed by atoms with Crippen LogP contribution in [-0.2, 0) is 6.18 Å². The van der Waals surface area contributed by atoms with Crippen molar-refractivity contribution >= 4 is 6.91 Å². The number of benzene rings is 1. The van der Waals surface area contributed by atoms with Gasteiger partial charge in [-0.05, 0) is 0 Å². The van der Waals surface area contributed by atoms with E-state index in [1.807, 2.05) is 6.07 Å². The quantitative estimate of drug-likeness (QED) is 0.687. The first-order chi connectivity index (χ1) is 7.57. The maximum atomic E-state index is 12.5. The van der Waals surface area contributed by atoms with Crippen LogP contribution in [0, 0.1) is 0 Å². The number of halogens is 3. The molecule has 1 heterocycles. The van der Waals surface area contributed by atoms with Crippen LogP contribution in [-0.4, -0.2) is 6.91 Å². The van der Waals surface area contributed by atoms with Crippen LogP contribution in [0.25, 0.3) is 11.0 Å². The van der Waals surface area contributed by atoms with Crippen molar-refractivity contribution in [2.75, 3.05) is 0 Å². The van der Waals surface area contributed by atoms with Gasteiger partial charge in [0, 0.05) is 0 Å². The predicted octanol–water partition coefficient (Wildman–Crippen LogP) is 3.71. The molecule has 0 radical (unpaired) electrons. The number of hydrogen-bond donors (Lipinski definition) is 0. The van der Waals surface area contributed by atoms with Crippen LogP contribution >= 0.6 is 0 Å². The molecule has 0 unspecified atom stereocenters. The fourth-order valence-electron chi connectivity index (χ4n) is 1.51. The van der Waals surface area contributed by atoms with Crippen LogP contribution in [0.15, 0.2) is 48.4 Å². The molecule has 2 rings (SSSR count). The van der Waals surface area contributed by atoms with Gasteiger partial charge in [0.15, 0.2) is 0 Å². The molecule has 0 atom stereocenters. The summed E-state index contributed by atoms with van der Waals surface area (Å²) in [7, 11) is 0. The maximum absolute atomic E-state index is 12.5. The van der Waals surface area contributed by atoms with Gasteiger partial charge in [0.1, 0.15) is 0 Å². The summed E-state index contributed by atoms with van der Waals surface area (Å²) in [5, 5.41) is 0. The van der Waals surface area contributed by atoms with Crippen molar-refractivity contribution in [3.8, 4) is 11.0 Å². The molecule has 1 aromatic heterocycles. The molecule has 0 bridgehead atoms. The first-order valence-corrected chi connectivity index (χ1v) is 4.80. The van der Waals surface area contributed by atoms with Crippen molar-refractivity contribution in [3.05, 3.63) is 54.0 Å². The van der Waals surface area contributed by atoms with E-state index < -0.39 is 11.7 Å². The van der Waals surface area contributed by atoms with Gasteiger partial charge in [0.25, 0.3) is 0 Å². The Morgan fingerprint density at radius 3 is 2.38 bits per heavy atom. The Balaban J connectivity index is 2.45. The van der Waals surface area contributed by atoms with Gasteiger partial charge in [-0.3, -0.25) is 0 Å². The van der Waals surface area contributed by atoms with E-state index in [0.29, 0.717) is 5.56 Å². The second-order valence-electron chi connectivity index (χ2n) is 3.44. The van der Waals surface area contributed by atoms with Crippen molar-refractivity contribution in [2.24, 2.45) is 0 Å². The summed E-state index contributed by atoms with van der Waals surface area (Å²) in [5.41, 5.74) is 0.748. The van der Waals surface area contributed by atoms with Crippen LogP contribution in [0.2, 0.25) is 0 Å². The third kappa shape index (κ3) is 2.32. The van der Waals surface area contributed by atoms with E-state index in [1.54, 1.807) is 31.1 Å². The molecule has 0 nitrogen and oxygen atoms in total. The van der Waals surface area contributed by atoms with Gasteiger partial charge >= 0.3 is 91.3 Å². The minimum atomic E-state index is -4.29. The zero-order chi connectivity index (χ0) is 11.6. The second kappa shape index (κ2) is 4.12. The van der Waals surface area contributed by atoms with Crippen molar-refractivity contribution in [1.29, 1.82) is 0 Å². The van der Waals surface area contributed by atoms with Gasteiger partial charge in [-0.2, -0.15) is 0 Å². The molecule has 16 heavy (non-hydrogen) atoms. The Hall–Kier alpha value is -1.58. The zero-order valence-electron chi connectivity index (χ0n) is 8.33. The zero-order valence-corrected chi connectivity index (χ0v) is 8.33. The van der Waals surface area contributed by atoms with E-state index in [0.717, 1.165) is 17.6 Å². The Kier molecular flexibility index (Phi) is 2.81. The Labute approximate surface area is 91.9 Å². The summed E-state index contributed by atoms with van der Waals surface area (Å²) in [6, 6.07) is 10.7. The third-order valence-electron chi connectivity index (χ3n) is 2.30. The molecule has 0 aliphatic rings. The topological polar surface area (TPSA) is 0 Å². The third-order valence-corrected chi connectivity index (χ3v) is 2.30. The van der Waals surface area contributed by atoms with Crippen molar-refractivity contribution in [3.63, 3.8) is 0 Å². The fourth-order valence-corrected chi connectivity index (χ4v) is 1.51. The molecular weight excluding hydrogens is 212 g/mol. The summed E-state index contributed by atoms with van der Waals surface area (Å²) in [4.78, 5) is 0. The molecule has 0 spiro atoms. The normalized spacial score (nSPS) is 11.2. The fraction of sp³-hybridized carbons (Fsp3) is 0.0833. The van der Waals surface area contributed by atoms with Crippen molar-refractivity contribution in [1.82, 2.24) is 0 Å². The van der Waals surface area contributed by atoms with Crippen LogP contribution < -0.4 is 0 Å². The van der Waals surface area contributed by atoms with E-state index in [2.05, 4.69) is 0 Å². The molecule has 1 aromatic carbocycles. The molecule has 0 fully saturated rings. The molecule has 0 N–H and O–H groups in total. The van der Waals surface area contributed by atoms with Crippen LogP contribution in [0.5, 0.6) is 0 Å². The molecule has 0 saturated heterocycles. The first kappa shape index (κ1) is 10.9. The van der Waals surface area contributed by atoms with E-state index in [4.69, 9.17) is 0 Å². The van der Waals surface area contributed by atoms with Crippen LogP contribution in [0.1, 0.15) is 5.56 Å². The Morgan fingerprint density at radius 2 is 1.75 bits per heavy atom. The van der Waals surface area contributed by atoms with E-state index >= 15 is 0 Å². The molecule has 0 aliphatic heterocycles. The second-order valence-corrected chi connectivity index (χ2v) is 3.44. The predicted molar refractivity (Wildman–Crippen MR) is 58.2 cm³/mol. The van der Waals surface area contributed by atoms with Crippen LogP contribution in [0.4, 0.5) is 13.2 Å². The van der Waals surface area contributed by atoms with E-state index in [9.17, 15) is 13.2 Å². The van der Waals surface area contributed by atoms with Gasteiger partial charge in [-0.15, -0.1) is 0 Å². The van der Waals surface area contributed by atoms with Gasteiger partial charge in [0.2, 0.25) is 0 Å². The summed E-state index contributed by atoms with van der Waals surface area (Å²) < 4.78 is 37.5. The molecule has 0 aliphatic carbocycles. The van der Waals surface area contributed by atoms with E-state index in [-0.39, 0.29) is 0 Å². The number of rotatable bonds is 1. The van der Waals surface area contributed by atoms with Crippen molar-refractivity contribution < 1.29 is 13.2 Å². The first-order valence-electron chi connectivity index (χ1n) is 4.80. The van der Waals surface area contributed by atoms with Gasteiger partial charge in [-0.1, -0.05) is 0 Å². The number of alkyl halides is 3. The molecule has 0 saturated carbocycles. The monoisotopic (exact) mass is 220 g/mol. The summed E-state index contributed by atoms with van der Waals surface area (Å²) in [6.45, 7) is 1.79. The average Bonchev–Trinajstić information content (AvgIpc) is 2.29. The average molecular weight is 220 g/mol. The van der Waals surface area contributed by atoms with Gasteiger partial charge < -0.3 is 0 Å².